The van der Waals surface area contributed by atoms with Gasteiger partial charge in [-0.3, -0.25) is 19.7 Å². The lowest BCUT2D eigenvalue weighted by Crippen LogP contribution is -2.49. The van der Waals surface area contributed by atoms with Crippen LogP contribution in [0, 0.1) is 10.1 Å². The summed E-state index contributed by atoms with van der Waals surface area (Å²) in [6, 6.07) is 11.8. The molecule has 4 rings (SSSR count). The lowest BCUT2D eigenvalue weighted by molar-refractivity contribution is -0.380. The van der Waals surface area contributed by atoms with Gasteiger partial charge >= 0.3 is 5.00 Å². The van der Waals surface area contributed by atoms with Crippen molar-refractivity contribution in [1.82, 2.24) is 14.7 Å². The zero-order chi connectivity index (χ0) is 21.3. The molecule has 0 bridgehead atoms. The number of rotatable bonds is 4. The Morgan fingerprint density at radius 1 is 1.10 bits per heavy atom. The summed E-state index contributed by atoms with van der Waals surface area (Å²) in [5.41, 5.74) is 0.730. The molecule has 0 radical (unpaired) electrons. The standard InChI is InChI=1S/C19H16ClN5O4S/c20-17-14(12-21-24(19(17)27)13-4-2-1-3-5-13)22-8-10-23(11-9-22)18(26)15-6-7-16(30-15)25(28)29/h1-7,12H,8-11H2. The van der Waals surface area contributed by atoms with E-state index in [1.54, 1.807) is 23.2 Å². The number of halogens is 1. The highest BCUT2D eigenvalue weighted by atomic mass is 35.5. The molecule has 3 aromatic rings. The molecule has 9 nitrogen and oxygen atoms in total. The minimum Gasteiger partial charge on any atom is -0.365 e. The Bertz CT molecular complexity index is 1160. The molecular weight excluding hydrogens is 430 g/mol. The van der Waals surface area contributed by atoms with Crippen LogP contribution in [-0.4, -0.2) is 51.7 Å². The zero-order valence-electron chi connectivity index (χ0n) is 15.6. The molecule has 0 saturated carbocycles. The van der Waals surface area contributed by atoms with Gasteiger partial charge in [-0.25, -0.2) is 0 Å². The Morgan fingerprint density at radius 2 is 1.80 bits per heavy atom. The second-order valence-corrected chi connectivity index (χ2v) is 8.01. The first-order valence-electron chi connectivity index (χ1n) is 9.07. The van der Waals surface area contributed by atoms with Crippen LogP contribution in [0.5, 0.6) is 0 Å². The fraction of sp³-hybridized carbons (Fsp3) is 0.211. The molecule has 0 spiro atoms. The molecule has 1 amide bonds. The van der Waals surface area contributed by atoms with Crippen LogP contribution >= 0.6 is 22.9 Å². The number of para-hydroxylation sites is 1. The van der Waals surface area contributed by atoms with Crippen LogP contribution in [-0.2, 0) is 0 Å². The lowest BCUT2D eigenvalue weighted by atomic mass is 10.2. The van der Waals surface area contributed by atoms with E-state index in [1.807, 2.05) is 23.1 Å². The molecule has 0 N–H and O–H groups in total. The van der Waals surface area contributed by atoms with Crippen LogP contribution in [0.25, 0.3) is 5.69 Å². The highest BCUT2D eigenvalue weighted by molar-refractivity contribution is 7.17. The Balaban J connectivity index is 1.47. The third-order valence-electron chi connectivity index (χ3n) is 4.79. The third-order valence-corrected chi connectivity index (χ3v) is 6.17. The lowest BCUT2D eigenvalue weighted by Gasteiger charge is -2.36. The van der Waals surface area contributed by atoms with Gasteiger partial charge in [0.05, 0.1) is 27.4 Å². The van der Waals surface area contributed by atoms with Crippen LogP contribution < -0.4 is 10.5 Å². The number of benzene rings is 1. The number of carbonyl (C=O) groups is 1. The second-order valence-electron chi connectivity index (χ2n) is 6.57. The largest absolute Gasteiger partial charge is 0.365 e. The molecule has 1 saturated heterocycles. The fourth-order valence-corrected chi connectivity index (χ4v) is 4.28. The van der Waals surface area contributed by atoms with Crippen molar-refractivity contribution in [3.63, 3.8) is 0 Å². The summed E-state index contributed by atoms with van der Waals surface area (Å²) >= 11 is 7.22. The molecular formula is C19H16ClN5O4S. The molecule has 2 aromatic heterocycles. The predicted octanol–water partition coefficient (Wildman–Crippen LogP) is 2.82. The van der Waals surface area contributed by atoms with E-state index in [4.69, 9.17) is 11.6 Å². The first-order chi connectivity index (χ1) is 14.5. The van der Waals surface area contributed by atoms with Crippen molar-refractivity contribution in [3.05, 3.63) is 79.0 Å². The topological polar surface area (TPSA) is 102 Å². The van der Waals surface area contributed by atoms with E-state index in [1.165, 1.54) is 16.8 Å². The second kappa shape index (κ2) is 8.25. The van der Waals surface area contributed by atoms with Gasteiger partial charge in [0.15, 0.2) is 0 Å². The monoisotopic (exact) mass is 445 g/mol. The first kappa shape index (κ1) is 20.0. The predicted molar refractivity (Wildman–Crippen MR) is 114 cm³/mol. The van der Waals surface area contributed by atoms with Gasteiger partial charge in [-0.15, -0.1) is 0 Å². The number of thiophene rings is 1. The van der Waals surface area contributed by atoms with Gasteiger partial charge in [0, 0.05) is 32.2 Å². The average Bonchev–Trinajstić information content (AvgIpc) is 3.27. The number of anilines is 1. The molecule has 1 fully saturated rings. The maximum Gasteiger partial charge on any atom is 0.324 e. The number of hydrogen-bond donors (Lipinski definition) is 0. The van der Waals surface area contributed by atoms with E-state index in [0.29, 0.717) is 42.4 Å². The summed E-state index contributed by atoms with van der Waals surface area (Å²) in [7, 11) is 0. The van der Waals surface area contributed by atoms with Crippen LogP contribution in [0.1, 0.15) is 9.67 Å². The van der Waals surface area contributed by atoms with Gasteiger partial charge in [-0.1, -0.05) is 41.1 Å². The summed E-state index contributed by atoms with van der Waals surface area (Å²) in [6.07, 6.45) is 1.55. The van der Waals surface area contributed by atoms with Gasteiger partial charge < -0.3 is 9.80 Å². The summed E-state index contributed by atoms with van der Waals surface area (Å²) in [5.74, 6) is -0.239. The summed E-state index contributed by atoms with van der Waals surface area (Å²) in [6.45, 7) is 1.75. The minimum absolute atomic E-state index is 0.0613. The number of carbonyl (C=O) groups excluding carboxylic acids is 1. The Hall–Kier alpha value is -3.24. The molecule has 0 unspecified atom stereocenters. The average molecular weight is 446 g/mol. The van der Waals surface area contributed by atoms with Crippen molar-refractivity contribution in [2.45, 2.75) is 0 Å². The Kier molecular flexibility index (Phi) is 5.51. The Labute approximate surface area is 179 Å². The number of nitrogens with zero attached hydrogens (tertiary/aromatic N) is 5. The van der Waals surface area contributed by atoms with E-state index in [2.05, 4.69) is 5.10 Å². The van der Waals surface area contributed by atoms with E-state index in [9.17, 15) is 19.7 Å². The van der Waals surface area contributed by atoms with Crippen molar-refractivity contribution >= 4 is 39.5 Å². The van der Waals surface area contributed by atoms with E-state index in [-0.39, 0.29) is 15.9 Å². The molecule has 154 valence electrons. The van der Waals surface area contributed by atoms with Gasteiger partial charge in [-0.05, 0) is 18.2 Å². The number of piperazine rings is 1. The number of aromatic nitrogens is 2. The SMILES string of the molecule is O=C(c1ccc([N+](=O)[O-])s1)N1CCN(c2cnn(-c3ccccc3)c(=O)c2Cl)CC1. The molecule has 3 heterocycles. The number of nitro groups is 1. The number of hydrogen-bond acceptors (Lipinski definition) is 7. The number of amides is 1. The van der Waals surface area contributed by atoms with Gasteiger partial charge in [0.1, 0.15) is 5.02 Å². The highest BCUT2D eigenvalue weighted by Crippen LogP contribution is 2.27. The summed E-state index contributed by atoms with van der Waals surface area (Å²) in [5, 5.41) is 15.1. The quantitative estimate of drug-likeness (QED) is 0.452. The summed E-state index contributed by atoms with van der Waals surface area (Å²) in [4.78, 5) is 39.5. The molecule has 0 atom stereocenters. The zero-order valence-corrected chi connectivity index (χ0v) is 17.2. The minimum atomic E-state index is -0.508. The third kappa shape index (κ3) is 3.79. The molecule has 1 aliphatic heterocycles. The van der Waals surface area contributed by atoms with Crippen molar-refractivity contribution in [2.24, 2.45) is 0 Å². The van der Waals surface area contributed by atoms with Crippen molar-refractivity contribution < 1.29 is 9.72 Å². The van der Waals surface area contributed by atoms with Crippen LogP contribution in [0.15, 0.2) is 53.5 Å². The molecule has 0 aliphatic carbocycles. The Morgan fingerprint density at radius 3 is 2.43 bits per heavy atom. The van der Waals surface area contributed by atoms with Crippen molar-refractivity contribution in [2.75, 3.05) is 31.1 Å². The van der Waals surface area contributed by atoms with E-state index in [0.717, 1.165) is 11.3 Å². The van der Waals surface area contributed by atoms with Crippen LogP contribution in [0.4, 0.5) is 10.7 Å². The normalized spacial score (nSPS) is 14.0. The molecule has 1 aliphatic rings. The molecule has 11 heteroatoms. The fourth-order valence-electron chi connectivity index (χ4n) is 3.24. The smallest absolute Gasteiger partial charge is 0.324 e. The highest BCUT2D eigenvalue weighted by Gasteiger charge is 2.26. The van der Waals surface area contributed by atoms with E-state index < -0.39 is 10.5 Å². The maximum atomic E-state index is 12.7. The first-order valence-corrected chi connectivity index (χ1v) is 10.3. The van der Waals surface area contributed by atoms with Crippen LogP contribution in [0.3, 0.4) is 0 Å². The van der Waals surface area contributed by atoms with Gasteiger partial charge in [0.2, 0.25) is 0 Å². The van der Waals surface area contributed by atoms with Crippen LogP contribution in [0.2, 0.25) is 5.02 Å². The molecule has 1 aromatic carbocycles. The van der Waals surface area contributed by atoms with Crippen molar-refractivity contribution in [3.8, 4) is 5.69 Å². The maximum absolute atomic E-state index is 12.7. The molecule has 30 heavy (non-hydrogen) atoms. The van der Waals surface area contributed by atoms with Gasteiger partial charge in [-0.2, -0.15) is 9.78 Å². The van der Waals surface area contributed by atoms with E-state index >= 15 is 0 Å². The van der Waals surface area contributed by atoms with Gasteiger partial charge in [0.25, 0.3) is 11.5 Å². The van der Waals surface area contributed by atoms with Crippen molar-refractivity contribution in [1.29, 1.82) is 0 Å². The summed E-state index contributed by atoms with van der Waals surface area (Å²) < 4.78 is 1.25.